The summed E-state index contributed by atoms with van der Waals surface area (Å²) in [5, 5.41) is 9.41. The SMILES string of the molecule is CCCCCCCCCCCCOc1ccc(/C=C/c2ccc(OCCCCCCCCCCCOc3cc(C#Cc4ccc(C(=O)O)cc4)cc(OCCCCCCCCCCCOc4ccc(/C=C/c5ccc(OCCCCCCCCCCCC)c(OCCCCCCCCCCCC)c5)cc4)c3)cc2)cc1OCCCCCCCCCCCC. The number of rotatable bonds is 81. The molecule has 10 nitrogen and oxygen atoms in total. The lowest BCUT2D eigenvalue weighted by atomic mass is 10.1. The van der Waals surface area contributed by atoms with E-state index < -0.39 is 5.97 Å². The van der Waals surface area contributed by atoms with Gasteiger partial charge in [-0.1, -0.05) is 421 Å². The van der Waals surface area contributed by atoms with Crippen molar-refractivity contribution < 1.29 is 47.8 Å². The number of aromatic carboxylic acids is 1. The van der Waals surface area contributed by atoms with E-state index in [0.717, 1.165) is 183 Å². The van der Waals surface area contributed by atoms with Gasteiger partial charge in [0.2, 0.25) is 0 Å². The zero-order chi connectivity index (χ0) is 86.7. The predicted molar refractivity (Wildman–Crippen MR) is 524 cm³/mol. The summed E-state index contributed by atoms with van der Waals surface area (Å²) in [6.07, 6.45) is 82.2. The molecule has 682 valence electrons. The van der Waals surface area contributed by atoms with Crippen LogP contribution in [0.2, 0.25) is 0 Å². The quantitative estimate of drug-likeness (QED) is 0.0225. The topological polar surface area (TPSA) is 111 Å². The Balaban J connectivity index is 0.807. The third-order valence-corrected chi connectivity index (χ3v) is 23.7. The lowest BCUT2D eigenvalue weighted by molar-refractivity contribution is 0.0696. The van der Waals surface area contributed by atoms with Crippen LogP contribution >= 0.6 is 0 Å². The summed E-state index contributed by atoms with van der Waals surface area (Å²) in [5.74, 6) is 12.3. The average molecular weight is 1690 g/mol. The summed E-state index contributed by atoms with van der Waals surface area (Å²) < 4.78 is 50.7. The first-order valence-electron chi connectivity index (χ1n) is 50.7. The van der Waals surface area contributed by atoms with Gasteiger partial charge >= 0.3 is 5.97 Å². The van der Waals surface area contributed by atoms with Crippen molar-refractivity contribution >= 4 is 30.3 Å². The summed E-state index contributed by atoms with van der Waals surface area (Å²) in [5.41, 5.74) is 6.30. The van der Waals surface area contributed by atoms with E-state index >= 15 is 0 Å². The number of carboxylic acid groups (broad SMARTS) is 1. The predicted octanol–water partition coefficient (Wildman–Crippen LogP) is 34.3. The van der Waals surface area contributed by atoms with Crippen LogP contribution in [0.3, 0.4) is 0 Å². The molecule has 0 unspecified atom stereocenters. The lowest BCUT2D eigenvalue weighted by Gasteiger charge is -2.14. The second kappa shape index (κ2) is 73.4. The molecule has 0 aliphatic rings. The average Bonchev–Trinajstić information content (AvgIpc) is 0.865. The zero-order valence-corrected chi connectivity index (χ0v) is 78.2. The maximum absolute atomic E-state index is 11.5. The normalized spacial score (nSPS) is 11.4. The van der Waals surface area contributed by atoms with Crippen molar-refractivity contribution in [1.29, 1.82) is 0 Å². The first kappa shape index (κ1) is 104. The summed E-state index contributed by atoms with van der Waals surface area (Å²) >= 11 is 0. The van der Waals surface area contributed by atoms with Crippen molar-refractivity contribution in [2.75, 3.05) is 52.9 Å². The molecule has 6 aromatic rings. The van der Waals surface area contributed by atoms with E-state index in [1.807, 2.05) is 18.2 Å². The Kier molecular flexibility index (Phi) is 62.1. The van der Waals surface area contributed by atoms with Crippen LogP contribution in [-0.2, 0) is 0 Å². The van der Waals surface area contributed by atoms with E-state index in [-0.39, 0.29) is 5.56 Å². The van der Waals surface area contributed by atoms with E-state index in [1.165, 1.54) is 308 Å². The molecule has 0 radical (unpaired) electrons. The molecular formula is C113H170O10. The van der Waals surface area contributed by atoms with Gasteiger partial charge in [0.25, 0.3) is 0 Å². The molecular weight excluding hydrogens is 1520 g/mol. The molecule has 0 fully saturated rings. The molecule has 1 N–H and O–H groups in total. The largest absolute Gasteiger partial charge is 0.494 e. The fourth-order valence-corrected chi connectivity index (χ4v) is 15.8. The van der Waals surface area contributed by atoms with E-state index in [9.17, 15) is 9.90 Å². The van der Waals surface area contributed by atoms with Crippen molar-refractivity contribution in [3.05, 3.63) is 166 Å². The highest BCUT2D eigenvalue weighted by Gasteiger charge is 2.12. The van der Waals surface area contributed by atoms with Crippen LogP contribution < -0.4 is 37.9 Å². The maximum atomic E-state index is 11.5. The molecule has 0 saturated heterocycles. The second-order valence-corrected chi connectivity index (χ2v) is 34.9. The number of ether oxygens (including phenoxy) is 8. The molecule has 0 heterocycles. The molecule has 0 spiro atoms. The second-order valence-electron chi connectivity index (χ2n) is 34.9. The minimum atomic E-state index is -0.950. The van der Waals surface area contributed by atoms with Crippen molar-refractivity contribution in [1.82, 2.24) is 0 Å². The Morgan fingerprint density at radius 3 is 0.707 bits per heavy atom. The Morgan fingerprint density at radius 1 is 0.220 bits per heavy atom. The van der Waals surface area contributed by atoms with Crippen molar-refractivity contribution in [2.45, 2.75) is 400 Å². The van der Waals surface area contributed by atoms with Gasteiger partial charge in [0, 0.05) is 17.2 Å². The van der Waals surface area contributed by atoms with E-state index in [2.05, 4.69) is 149 Å². The first-order chi connectivity index (χ1) is 60.8. The third kappa shape index (κ3) is 54.0. The number of benzene rings is 6. The molecule has 123 heavy (non-hydrogen) atoms. The van der Waals surface area contributed by atoms with E-state index in [4.69, 9.17) is 37.9 Å². The van der Waals surface area contributed by atoms with Crippen LogP contribution in [0.15, 0.2) is 127 Å². The van der Waals surface area contributed by atoms with Crippen molar-refractivity contribution in [3.8, 4) is 57.8 Å². The Hall–Kier alpha value is -7.77. The van der Waals surface area contributed by atoms with Gasteiger partial charge in [-0.3, -0.25) is 0 Å². The van der Waals surface area contributed by atoms with Crippen LogP contribution in [0, 0.1) is 11.8 Å². The molecule has 0 aliphatic carbocycles. The number of hydrogen-bond acceptors (Lipinski definition) is 9. The smallest absolute Gasteiger partial charge is 0.335 e. The molecule has 10 heteroatoms. The monoisotopic (exact) mass is 1690 g/mol. The van der Waals surface area contributed by atoms with Crippen LogP contribution in [0.5, 0.6) is 46.0 Å². The number of hydrogen-bond donors (Lipinski definition) is 1. The van der Waals surface area contributed by atoms with Gasteiger partial charge in [0.05, 0.1) is 58.4 Å². The highest BCUT2D eigenvalue weighted by atomic mass is 16.5. The Labute approximate surface area is 750 Å². The fourth-order valence-electron chi connectivity index (χ4n) is 15.8. The molecule has 0 atom stereocenters. The summed E-state index contributed by atoms with van der Waals surface area (Å²) in [6.45, 7) is 14.8. The summed E-state index contributed by atoms with van der Waals surface area (Å²) in [6, 6.07) is 42.4. The summed E-state index contributed by atoms with van der Waals surface area (Å²) in [4.78, 5) is 11.5. The van der Waals surface area contributed by atoms with Crippen LogP contribution in [-0.4, -0.2) is 63.9 Å². The number of unbranched alkanes of at least 4 members (excludes halogenated alkanes) is 52. The van der Waals surface area contributed by atoms with Crippen molar-refractivity contribution in [3.63, 3.8) is 0 Å². The molecule has 0 aliphatic heterocycles. The first-order valence-corrected chi connectivity index (χ1v) is 50.7. The highest BCUT2D eigenvalue weighted by molar-refractivity contribution is 5.87. The number of carbonyl (C=O) groups is 1. The summed E-state index contributed by atoms with van der Waals surface area (Å²) in [7, 11) is 0. The van der Waals surface area contributed by atoms with Crippen LogP contribution in [0.4, 0.5) is 0 Å². The molecule has 0 bridgehead atoms. The third-order valence-electron chi connectivity index (χ3n) is 23.7. The molecule has 6 aromatic carbocycles. The minimum absolute atomic E-state index is 0.243. The Bertz CT molecular complexity index is 3440. The highest BCUT2D eigenvalue weighted by Crippen LogP contribution is 2.34. The van der Waals surface area contributed by atoms with Gasteiger partial charge in [-0.15, -0.1) is 0 Å². The Morgan fingerprint density at radius 2 is 0.439 bits per heavy atom. The van der Waals surface area contributed by atoms with Gasteiger partial charge in [-0.25, -0.2) is 4.79 Å². The van der Waals surface area contributed by atoms with Gasteiger partial charge in [0.15, 0.2) is 23.0 Å². The zero-order valence-electron chi connectivity index (χ0n) is 78.2. The van der Waals surface area contributed by atoms with E-state index in [1.54, 1.807) is 24.3 Å². The van der Waals surface area contributed by atoms with Gasteiger partial charge in [-0.05, 0) is 159 Å². The van der Waals surface area contributed by atoms with Gasteiger partial charge in [-0.2, -0.15) is 0 Å². The fraction of sp³-hybridized carbons (Fsp3) is 0.619. The molecule has 0 saturated carbocycles. The molecule has 6 rings (SSSR count). The van der Waals surface area contributed by atoms with E-state index in [0.29, 0.717) is 13.2 Å². The van der Waals surface area contributed by atoms with Crippen molar-refractivity contribution in [2.24, 2.45) is 0 Å². The molecule has 0 aromatic heterocycles. The van der Waals surface area contributed by atoms with Crippen LogP contribution in [0.25, 0.3) is 24.3 Å². The number of carboxylic acids is 1. The standard InChI is InChI=1S/C113H170O10/c1-5-9-13-17-21-25-31-43-51-59-89-120-109-83-75-101(95-111(109)122-91-61-53-45-33-27-23-19-15-11-7-3)66-63-99-71-79-105(80-72-99)116-85-55-47-39-35-29-37-41-49-57-87-118-107-93-103(68-65-98-69-77-104(78-70-98)113(114)115)94-108(97-107)119-88-58-50-42-38-30-36-40-48-56-86-117-106-81-73-100(74-82-106)64-67-102-76-84-110(121-90-60-52-44-32-26-22-18-14-10-6-2)112(96-102)123-92-62-54-46-34-28-24-20-16-12-8-4/h63-64,66-67,69-84,93-97H,5-62,85-92H2,1-4H3,(H,114,115)/b66-63+,67-64+. The van der Waals surface area contributed by atoms with Crippen LogP contribution in [0.1, 0.15) is 444 Å². The minimum Gasteiger partial charge on any atom is -0.494 e. The van der Waals surface area contributed by atoms with Gasteiger partial charge < -0.3 is 43.0 Å². The molecule has 0 amide bonds. The lowest BCUT2D eigenvalue weighted by Crippen LogP contribution is -2.03. The van der Waals surface area contributed by atoms with Gasteiger partial charge in [0.1, 0.15) is 23.0 Å². The maximum Gasteiger partial charge on any atom is 0.335 e.